The van der Waals surface area contributed by atoms with Crippen molar-refractivity contribution >= 4 is 28.2 Å². The fraction of sp³-hybridized carbons (Fsp3) is 0.200. The van der Waals surface area contributed by atoms with Gasteiger partial charge < -0.3 is 0 Å². The van der Waals surface area contributed by atoms with E-state index in [2.05, 4.69) is 37.0 Å². The molecular weight excluding hydrogens is 304 g/mol. The molecule has 0 spiro atoms. The summed E-state index contributed by atoms with van der Waals surface area (Å²) in [6.45, 7) is 4.33. The summed E-state index contributed by atoms with van der Waals surface area (Å²) in [5.74, 6) is 0.316. The van der Waals surface area contributed by atoms with Crippen LogP contribution in [0.15, 0.2) is 59.7 Å². The number of fused-ring (bicyclic) bond motifs is 2. The number of rotatable bonds is 1. The normalized spacial score (nSPS) is 20.2. The molecule has 2 nitrogen and oxygen atoms in total. The van der Waals surface area contributed by atoms with Crippen LogP contribution in [-0.2, 0) is 0 Å². The first-order valence-corrected chi connectivity index (χ1v) is 8.24. The lowest BCUT2D eigenvalue weighted by molar-refractivity contribution is 0.606. The summed E-state index contributed by atoms with van der Waals surface area (Å²) in [7, 11) is 0. The molecule has 23 heavy (non-hydrogen) atoms. The Morgan fingerprint density at radius 3 is 2.70 bits per heavy atom. The maximum atomic E-state index is 6.48. The zero-order chi connectivity index (χ0) is 16.0. The van der Waals surface area contributed by atoms with E-state index in [-0.39, 0.29) is 6.04 Å². The highest BCUT2D eigenvalue weighted by atomic mass is 35.5. The molecule has 0 saturated heterocycles. The van der Waals surface area contributed by atoms with E-state index in [4.69, 9.17) is 16.6 Å². The molecule has 0 radical (unpaired) electrons. The fourth-order valence-corrected chi connectivity index (χ4v) is 3.61. The van der Waals surface area contributed by atoms with Crippen LogP contribution in [-0.4, -0.2) is 16.7 Å². The summed E-state index contributed by atoms with van der Waals surface area (Å²) in [6.07, 6.45) is 1.91. The number of aromatic nitrogens is 1. The first-order valence-electron chi connectivity index (χ1n) is 7.87. The second kappa shape index (κ2) is 5.47. The van der Waals surface area contributed by atoms with Crippen LogP contribution in [0.25, 0.3) is 10.9 Å². The Kier molecular flexibility index (Phi) is 3.42. The maximum absolute atomic E-state index is 6.48. The van der Waals surface area contributed by atoms with Crippen molar-refractivity contribution in [2.75, 3.05) is 0 Å². The van der Waals surface area contributed by atoms with E-state index < -0.39 is 0 Å². The minimum atomic E-state index is 0.198. The second-order valence-electron chi connectivity index (χ2n) is 6.12. The summed E-state index contributed by atoms with van der Waals surface area (Å²) in [6, 6.07) is 16.6. The van der Waals surface area contributed by atoms with Crippen LogP contribution in [0, 0.1) is 0 Å². The molecule has 1 aliphatic heterocycles. The van der Waals surface area contributed by atoms with E-state index in [1.54, 1.807) is 0 Å². The Morgan fingerprint density at radius 2 is 1.83 bits per heavy atom. The Bertz CT molecular complexity index is 930. The van der Waals surface area contributed by atoms with Gasteiger partial charge in [0, 0.05) is 33.7 Å². The minimum Gasteiger partial charge on any atom is -0.280 e. The molecule has 0 amide bonds. The first kappa shape index (κ1) is 14.4. The smallest absolute Gasteiger partial charge is 0.0741 e. The molecule has 0 N–H and O–H groups in total. The third-order valence-corrected chi connectivity index (χ3v) is 5.01. The van der Waals surface area contributed by atoms with Crippen molar-refractivity contribution in [3.05, 3.63) is 76.4 Å². The van der Waals surface area contributed by atoms with E-state index in [0.717, 1.165) is 32.8 Å². The summed E-state index contributed by atoms with van der Waals surface area (Å²) in [5, 5.41) is 1.95. The second-order valence-corrected chi connectivity index (χ2v) is 6.53. The third kappa shape index (κ3) is 2.34. The van der Waals surface area contributed by atoms with Crippen molar-refractivity contribution < 1.29 is 0 Å². The van der Waals surface area contributed by atoms with Gasteiger partial charge in [-0.15, -0.1) is 0 Å². The van der Waals surface area contributed by atoms with E-state index >= 15 is 0 Å². The van der Waals surface area contributed by atoms with Gasteiger partial charge in [-0.05, 0) is 30.7 Å². The molecule has 0 fully saturated rings. The molecule has 3 heteroatoms. The summed E-state index contributed by atoms with van der Waals surface area (Å²) >= 11 is 6.48. The number of aliphatic imine (C=N–C) groups is 1. The van der Waals surface area contributed by atoms with Crippen LogP contribution in [0.2, 0.25) is 5.02 Å². The molecule has 114 valence electrons. The van der Waals surface area contributed by atoms with Gasteiger partial charge in [0.15, 0.2) is 0 Å². The van der Waals surface area contributed by atoms with Crippen LogP contribution < -0.4 is 0 Å². The van der Waals surface area contributed by atoms with Gasteiger partial charge in [-0.3, -0.25) is 9.98 Å². The molecule has 2 heterocycles. The van der Waals surface area contributed by atoms with Gasteiger partial charge in [0.1, 0.15) is 0 Å². The van der Waals surface area contributed by atoms with E-state index in [0.29, 0.717) is 5.92 Å². The SMILES string of the molecule is CC1N=C(c2cnc3ccccc3c2)c2cccc(Cl)c2C1C. The largest absolute Gasteiger partial charge is 0.280 e. The number of pyridine rings is 1. The summed E-state index contributed by atoms with van der Waals surface area (Å²) in [4.78, 5) is 9.52. The Labute approximate surface area is 140 Å². The summed E-state index contributed by atoms with van der Waals surface area (Å²) in [5.41, 5.74) is 5.36. The molecule has 1 aliphatic rings. The zero-order valence-corrected chi connectivity index (χ0v) is 13.9. The van der Waals surface area contributed by atoms with Gasteiger partial charge in [-0.1, -0.05) is 48.9 Å². The lowest BCUT2D eigenvalue weighted by Crippen LogP contribution is -2.23. The monoisotopic (exact) mass is 320 g/mol. The van der Waals surface area contributed by atoms with Gasteiger partial charge in [-0.2, -0.15) is 0 Å². The van der Waals surface area contributed by atoms with Crippen LogP contribution in [0.1, 0.15) is 36.5 Å². The molecule has 3 aromatic rings. The fourth-order valence-electron chi connectivity index (χ4n) is 3.26. The van der Waals surface area contributed by atoms with Crippen molar-refractivity contribution in [2.24, 2.45) is 4.99 Å². The van der Waals surface area contributed by atoms with Crippen molar-refractivity contribution in [3.63, 3.8) is 0 Å². The average Bonchev–Trinajstić information content (AvgIpc) is 2.57. The highest BCUT2D eigenvalue weighted by molar-refractivity contribution is 6.32. The van der Waals surface area contributed by atoms with E-state index in [9.17, 15) is 0 Å². The molecule has 2 aromatic carbocycles. The van der Waals surface area contributed by atoms with Gasteiger partial charge in [0.05, 0.1) is 17.3 Å². The molecule has 0 aliphatic carbocycles. The lowest BCUT2D eigenvalue weighted by Gasteiger charge is -2.28. The number of halogens is 1. The van der Waals surface area contributed by atoms with E-state index in [1.807, 2.05) is 36.5 Å². The predicted molar refractivity (Wildman–Crippen MR) is 96.7 cm³/mol. The Hall–Kier alpha value is -2.19. The van der Waals surface area contributed by atoms with Gasteiger partial charge in [-0.25, -0.2) is 0 Å². The minimum absolute atomic E-state index is 0.198. The number of nitrogens with zero attached hydrogens (tertiary/aromatic N) is 2. The van der Waals surface area contributed by atoms with Crippen LogP contribution >= 0.6 is 11.6 Å². The number of hydrogen-bond donors (Lipinski definition) is 0. The standard InChI is InChI=1S/C20H17ClN2/c1-12-13(2)23-20(16-7-5-8-17(21)19(12)16)15-10-14-6-3-4-9-18(14)22-11-15/h3-13H,1-2H3. The predicted octanol–water partition coefficient (Wildman–Crippen LogP) is 5.23. The summed E-state index contributed by atoms with van der Waals surface area (Å²) < 4.78 is 0. The van der Waals surface area contributed by atoms with Crippen LogP contribution in [0.4, 0.5) is 0 Å². The molecule has 0 bridgehead atoms. The maximum Gasteiger partial charge on any atom is 0.0741 e. The van der Waals surface area contributed by atoms with Crippen molar-refractivity contribution in [1.82, 2.24) is 4.98 Å². The molecule has 2 atom stereocenters. The van der Waals surface area contributed by atoms with Crippen molar-refractivity contribution in [3.8, 4) is 0 Å². The quantitative estimate of drug-likeness (QED) is 0.602. The third-order valence-electron chi connectivity index (χ3n) is 4.68. The highest BCUT2D eigenvalue weighted by Crippen LogP contribution is 2.36. The number of para-hydroxylation sites is 1. The van der Waals surface area contributed by atoms with Gasteiger partial charge >= 0.3 is 0 Å². The molecule has 0 saturated carbocycles. The van der Waals surface area contributed by atoms with Crippen LogP contribution in [0.5, 0.6) is 0 Å². The van der Waals surface area contributed by atoms with Crippen molar-refractivity contribution in [1.29, 1.82) is 0 Å². The van der Waals surface area contributed by atoms with Gasteiger partial charge in [0.25, 0.3) is 0 Å². The molecule has 1 aromatic heterocycles. The zero-order valence-electron chi connectivity index (χ0n) is 13.1. The van der Waals surface area contributed by atoms with E-state index in [1.165, 1.54) is 5.56 Å². The number of benzene rings is 2. The Balaban J connectivity index is 1.93. The molecular formula is C20H17ClN2. The van der Waals surface area contributed by atoms with Gasteiger partial charge in [0.2, 0.25) is 0 Å². The Morgan fingerprint density at radius 1 is 1.00 bits per heavy atom. The van der Waals surface area contributed by atoms with Crippen molar-refractivity contribution in [2.45, 2.75) is 25.8 Å². The average molecular weight is 321 g/mol. The lowest BCUT2D eigenvalue weighted by atomic mass is 9.84. The number of hydrogen-bond acceptors (Lipinski definition) is 2. The molecule has 4 rings (SSSR count). The first-order chi connectivity index (χ1) is 11.1. The molecule has 2 unspecified atom stereocenters. The highest BCUT2D eigenvalue weighted by Gasteiger charge is 2.27. The topological polar surface area (TPSA) is 25.2 Å². The van der Waals surface area contributed by atoms with Crippen LogP contribution in [0.3, 0.4) is 0 Å².